The van der Waals surface area contributed by atoms with Crippen molar-refractivity contribution < 1.29 is 33.3 Å². The van der Waals surface area contributed by atoms with Crippen LogP contribution in [0.5, 0.6) is 17.2 Å². The highest BCUT2D eigenvalue weighted by Gasteiger charge is 2.33. The van der Waals surface area contributed by atoms with Crippen LogP contribution in [-0.4, -0.2) is 58.3 Å². The molecule has 2 aromatic rings. The number of fused-ring (bicyclic) bond motifs is 1. The van der Waals surface area contributed by atoms with Crippen LogP contribution in [0.4, 0.5) is 5.69 Å². The fourth-order valence-corrected chi connectivity index (χ4v) is 3.02. The second-order valence-corrected chi connectivity index (χ2v) is 6.34. The summed E-state index contributed by atoms with van der Waals surface area (Å²) in [7, 11) is 4.40. The highest BCUT2D eigenvalue weighted by atomic mass is 16.5. The lowest BCUT2D eigenvalue weighted by Crippen LogP contribution is -2.51. The van der Waals surface area contributed by atoms with Crippen LogP contribution in [0.15, 0.2) is 42.5 Å². The SMILES string of the molecule is CNC(=O)C1CN(C(=O)COC(=O)c2ccc(OC)cc2OC)c2ccccc2O1. The zero-order valence-corrected chi connectivity index (χ0v) is 16.8. The number of methoxy groups -OCH3 is 2. The van der Waals surface area contributed by atoms with Crippen molar-refractivity contribution >= 4 is 23.5 Å². The summed E-state index contributed by atoms with van der Waals surface area (Å²) < 4.78 is 21.2. The second-order valence-electron chi connectivity index (χ2n) is 6.34. The summed E-state index contributed by atoms with van der Waals surface area (Å²) in [4.78, 5) is 38.7. The Morgan fingerprint density at radius 1 is 1.13 bits per heavy atom. The van der Waals surface area contributed by atoms with Gasteiger partial charge in [0.25, 0.3) is 11.8 Å². The Morgan fingerprint density at radius 2 is 1.90 bits per heavy atom. The van der Waals surface area contributed by atoms with E-state index in [0.29, 0.717) is 17.2 Å². The van der Waals surface area contributed by atoms with E-state index in [-0.39, 0.29) is 23.8 Å². The molecule has 3 rings (SSSR count). The Morgan fingerprint density at radius 3 is 2.60 bits per heavy atom. The molecule has 0 aromatic heterocycles. The maximum atomic E-state index is 12.8. The fourth-order valence-electron chi connectivity index (χ4n) is 3.02. The third-order valence-electron chi connectivity index (χ3n) is 4.57. The summed E-state index contributed by atoms with van der Waals surface area (Å²) >= 11 is 0. The number of anilines is 1. The maximum absolute atomic E-state index is 12.8. The van der Waals surface area contributed by atoms with Gasteiger partial charge in [-0.3, -0.25) is 9.59 Å². The smallest absolute Gasteiger partial charge is 0.342 e. The largest absolute Gasteiger partial charge is 0.497 e. The van der Waals surface area contributed by atoms with Gasteiger partial charge in [0.2, 0.25) is 0 Å². The van der Waals surface area contributed by atoms with Gasteiger partial charge >= 0.3 is 5.97 Å². The molecule has 0 bridgehead atoms. The number of hydrogen-bond donors (Lipinski definition) is 1. The minimum Gasteiger partial charge on any atom is -0.497 e. The molecule has 9 heteroatoms. The van der Waals surface area contributed by atoms with E-state index in [1.807, 2.05) is 0 Å². The van der Waals surface area contributed by atoms with Crippen molar-refractivity contribution in [2.75, 3.05) is 39.3 Å². The van der Waals surface area contributed by atoms with Crippen molar-refractivity contribution in [2.45, 2.75) is 6.10 Å². The normalized spacial score (nSPS) is 14.8. The number of hydrogen-bond acceptors (Lipinski definition) is 7. The molecule has 30 heavy (non-hydrogen) atoms. The van der Waals surface area contributed by atoms with Gasteiger partial charge in [0, 0.05) is 13.1 Å². The predicted octanol–water partition coefficient (Wildman–Crippen LogP) is 1.40. The molecule has 0 radical (unpaired) electrons. The van der Waals surface area contributed by atoms with Gasteiger partial charge in [-0.05, 0) is 24.3 Å². The van der Waals surface area contributed by atoms with Crippen molar-refractivity contribution in [3.63, 3.8) is 0 Å². The summed E-state index contributed by atoms with van der Waals surface area (Å²) in [5, 5.41) is 2.51. The number of likely N-dealkylation sites (N-methyl/N-ethyl adjacent to an activating group) is 1. The fraction of sp³-hybridized carbons (Fsp3) is 0.286. The van der Waals surface area contributed by atoms with Crippen LogP contribution >= 0.6 is 0 Å². The number of carbonyl (C=O) groups excluding carboxylic acids is 3. The lowest BCUT2D eigenvalue weighted by atomic mass is 10.1. The summed E-state index contributed by atoms with van der Waals surface area (Å²) in [6.07, 6.45) is -0.869. The summed E-state index contributed by atoms with van der Waals surface area (Å²) in [6.45, 7) is -0.512. The van der Waals surface area contributed by atoms with Crippen LogP contribution in [0.1, 0.15) is 10.4 Å². The van der Waals surface area contributed by atoms with Gasteiger partial charge in [-0.2, -0.15) is 0 Å². The Hall–Kier alpha value is -3.75. The summed E-state index contributed by atoms with van der Waals surface area (Å²) in [6, 6.07) is 11.5. The molecular weight excluding hydrogens is 392 g/mol. The number of carbonyl (C=O) groups is 3. The van der Waals surface area contributed by atoms with Crippen molar-refractivity contribution in [3.8, 4) is 17.2 Å². The van der Waals surface area contributed by atoms with Gasteiger partial charge < -0.3 is 29.2 Å². The molecule has 1 heterocycles. The lowest BCUT2D eigenvalue weighted by molar-refractivity contribution is -0.128. The number of esters is 1. The van der Waals surface area contributed by atoms with Crippen LogP contribution in [-0.2, 0) is 14.3 Å². The summed E-state index contributed by atoms with van der Waals surface area (Å²) in [5.41, 5.74) is 0.664. The van der Waals surface area contributed by atoms with E-state index in [1.165, 1.54) is 32.2 Å². The number of benzene rings is 2. The third-order valence-corrected chi connectivity index (χ3v) is 4.57. The highest BCUT2D eigenvalue weighted by molar-refractivity contribution is 6.00. The first-order valence-electron chi connectivity index (χ1n) is 9.15. The van der Waals surface area contributed by atoms with E-state index >= 15 is 0 Å². The predicted molar refractivity (Wildman–Crippen MR) is 107 cm³/mol. The molecule has 1 N–H and O–H groups in total. The van der Waals surface area contributed by atoms with Crippen LogP contribution in [0, 0.1) is 0 Å². The Balaban J connectivity index is 1.74. The molecule has 2 aromatic carbocycles. The van der Waals surface area contributed by atoms with Gasteiger partial charge in [0.15, 0.2) is 12.7 Å². The first-order valence-corrected chi connectivity index (χ1v) is 9.15. The van der Waals surface area contributed by atoms with Gasteiger partial charge in [-0.15, -0.1) is 0 Å². The molecule has 1 aliphatic rings. The first kappa shape index (κ1) is 21.0. The van der Waals surface area contributed by atoms with E-state index in [1.54, 1.807) is 36.4 Å². The molecule has 0 saturated carbocycles. The number of para-hydroxylation sites is 2. The lowest BCUT2D eigenvalue weighted by Gasteiger charge is -2.33. The molecule has 0 aliphatic carbocycles. The average Bonchev–Trinajstić information content (AvgIpc) is 2.80. The van der Waals surface area contributed by atoms with Gasteiger partial charge in [0.1, 0.15) is 22.8 Å². The molecule has 1 atom stereocenters. The molecule has 0 spiro atoms. The maximum Gasteiger partial charge on any atom is 0.342 e. The molecule has 2 amide bonds. The minimum absolute atomic E-state index is 0.00106. The monoisotopic (exact) mass is 414 g/mol. The number of ether oxygens (including phenoxy) is 4. The van der Waals surface area contributed by atoms with Gasteiger partial charge in [-0.1, -0.05) is 12.1 Å². The number of nitrogens with one attached hydrogen (secondary N) is 1. The zero-order valence-electron chi connectivity index (χ0n) is 16.8. The van der Waals surface area contributed by atoms with Crippen LogP contribution in [0.2, 0.25) is 0 Å². The van der Waals surface area contributed by atoms with Crippen LogP contribution < -0.4 is 24.4 Å². The Kier molecular flexibility index (Phi) is 6.41. The first-order chi connectivity index (χ1) is 14.5. The van der Waals surface area contributed by atoms with Gasteiger partial charge in [0.05, 0.1) is 26.5 Å². The number of amides is 2. The highest BCUT2D eigenvalue weighted by Crippen LogP contribution is 2.33. The van der Waals surface area contributed by atoms with E-state index in [2.05, 4.69) is 5.32 Å². The average molecular weight is 414 g/mol. The van der Waals surface area contributed by atoms with Crippen molar-refractivity contribution in [3.05, 3.63) is 48.0 Å². The van der Waals surface area contributed by atoms with E-state index in [9.17, 15) is 14.4 Å². The van der Waals surface area contributed by atoms with E-state index in [0.717, 1.165) is 0 Å². The Labute approximate surface area is 173 Å². The van der Waals surface area contributed by atoms with Crippen LogP contribution in [0.3, 0.4) is 0 Å². The van der Waals surface area contributed by atoms with Crippen LogP contribution in [0.25, 0.3) is 0 Å². The molecule has 1 unspecified atom stereocenters. The van der Waals surface area contributed by atoms with Gasteiger partial charge in [-0.25, -0.2) is 4.79 Å². The van der Waals surface area contributed by atoms with E-state index < -0.39 is 24.6 Å². The topological polar surface area (TPSA) is 103 Å². The number of nitrogens with zero attached hydrogens (tertiary/aromatic N) is 1. The standard InChI is InChI=1S/C21H22N2O7/c1-22-20(25)18-11-23(15-6-4-5-7-16(15)30-18)19(24)12-29-21(26)14-9-8-13(27-2)10-17(14)28-3/h4-10,18H,11-12H2,1-3H3,(H,22,25). The quantitative estimate of drug-likeness (QED) is 0.713. The molecule has 0 fully saturated rings. The van der Waals surface area contributed by atoms with E-state index in [4.69, 9.17) is 18.9 Å². The molecule has 158 valence electrons. The second kappa shape index (κ2) is 9.17. The zero-order chi connectivity index (χ0) is 21.7. The third kappa shape index (κ3) is 4.29. The minimum atomic E-state index is -0.869. The molecule has 9 nitrogen and oxygen atoms in total. The van der Waals surface area contributed by atoms with Crippen molar-refractivity contribution in [1.29, 1.82) is 0 Å². The molecule has 1 aliphatic heterocycles. The molecular formula is C21H22N2O7. The molecule has 0 saturated heterocycles. The van der Waals surface area contributed by atoms with Crippen molar-refractivity contribution in [2.24, 2.45) is 0 Å². The number of rotatable bonds is 6. The summed E-state index contributed by atoms with van der Waals surface area (Å²) in [5.74, 6) is -0.378. The Bertz CT molecular complexity index is 960. The van der Waals surface area contributed by atoms with Crippen molar-refractivity contribution in [1.82, 2.24) is 5.32 Å².